The molecule has 0 atom stereocenters. The highest BCUT2D eigenvalue weighted by molar-refractivity contribution is 7.80. The van der Waals surface area contributed by atoms with E-state index in [2.05, 4.69) is 5.32 Å². The zero-order valence-corrected chi connectivity index (χ0v) is 12.3. The summed E-state index contributed by atoms with van der Waals surface area (Å²) >= 11 is 11.0. The molecule has 20 heavy (non-hydrogen) atoms. The third-order valence-electron chi connectivity index (χ3n) is 2.87. The Labute approximate surface area is 127 Å². The number of nitrogens with one attached hydrogen (secondary N) is 1. The SMILES string of the molecule is NC(=S)c1ccc(NCCc2cccc(F)c2)c(Cl)c1. The van der Waals surface area contributed by atoms with Crippen LogP contribution in [0.15, 0.2) is 42.5 Å². The molecule has 0 aliphatic carbocycles. The predicted octanol–water partition coefficient (Wildman–Crippen LogP) is 3.77. The van der Waals surface area contributed by atoms with E-state index in [1.165, 1.54) is 12.1 Å². The van der Waals surface area contributed by atoms with E-state index in [-0.39, 0.29) is 5.82 Å². The quantitative estimate of drug-likeness (QED) is 0.826. The van der Waals surface area contributed by atoms with E-state index in [9.17, 15) is 4.39 Å². The highest BCUT2D eigenvalue weighted by Gasteiger charge is 2.03. The van der Waals surface area contributed by atoms with Gasteiger partial charge in [0.25, 0.3) is 0 Å². The molecule has 0 amide bonds. The first-order chi connectivity index (χ1) is 9.56. The van der Waals surface area contributed by atoms with E-state index in [0.29, 0.717) is 23.0 Å². The molecule has 2 rings (SSSR count). The van der Waals surface area contributed by atoms with Crippen molar-refractivity contribution < 1.29 is 4.39 Å². The minimum Gasteiger partial charge on any atom is -0.389 e. The number of thiocarbonyl (C=S) groups is 1. The molecule has 0 aliphatic rings. The van der Waals surface area contributed by atoms with Gasteiger partial charge >= 0.3 is 0 Å². The molecule has 0 unspecified atom stereocenters. The fraction of sp³-hybridized carbons (Fsp3) is 0.133. The smallest absolute Gasteiger partial charge is 0.123 e. The number of hydrogen-bond acceptors (Lipinski definition) is 2. The second-order valence-electron chi connectivity index (χ2n) is 4.37. The zero-order valence-electron chi connectivity index (χ0n) is 10.7. The molecule has 2 aromatic rings. The van der Waals surface area contributed by atoms with Crippen LogP contribution >= 0.6 is 23.8 Å². The lowest BCUT2D eigenvalue weighted by Gasteiger charge is -2.10. The molecule has 0 aliphatic heterocycles. The first-order valence-corrected chi connectivity index (χ1v) is 6.92. The topological polar surface area (TPSA) is 38.0 Å². The lowest BCUT2D eigenvalue weighted by molar-refractivity contribution is 0.625. The van der Waals surface area contributed by atoms with Gasteiger partial charge in [0.15, 0.2) is 0 Å². The average Bonchev–Trinajstić information content (AvgIpc) is 2.40. The van der Waals surface area contributed by atoms with Crippen LogP contribution in [0.5, 0.6) is 0 Å². The third-order valence-corrected chi connectivity index (χ3v) is 3.42. The standard InChI is InChI=1S/C15H14ClFN2S/c16-13-9-11(15(18)20)4-5-14(13)19-7-6-10-2-1-3-12(17)8-10/h1-5,8-9,19H,6-7H2,(H2,18,20). The Bertz CT molecular complexity index is 631. The van der Waals surface area contributed by atoms with Crippen LogP contribution < -0.4 is 11.1 Å². The second kappa shape index (κ2) is 6.68. The molecule has 5 heteroatoms. The van der Waals surface area contributed by atoms with E-state index < -0.39 is 0 Å². The molecule has 0 heterocycles. The number of anilines is 1. The summed E-state index contributed by atoms with van der Waals surface area (Å²) in [5.41, 5.74) is 8.02. The zero-order chi connectivity index (χ0) is 14.5. The van der Waals surface area contributed by atoms with E-state index in [4.69, 9.17) is 29.6 Å². The van der Waals surface area contributed by atoms with E-state index in [1.54, 1.807) is 12.1 Å². The average molecular weight is 309 g/mol. The Morgan fingerprint density at radius 3 is 2.70 bits per heavy atom. The van der Waals surface area contributed by atoms with Gasteiger partial charge in [0.05, 0.1) is 10.7 Å². The van der Waals surface area contributed by atoms with Crippen molar-refractivity contribution in [3.63, 3.8) is 0 Å². The molecule has 0 radical (unpaired) electrons. The Morgan fingerprint density at radius 2 is 2.05 bits per heavy atom. The van der Waals surface area contributed by atoms with Crippen LogP contribution in [0.3, 0.4) is 0 Å². The van der Waals surface area contributed by atoms with Crippen LogP contribution in [-0.4, -0.2) is 11.5 Å². The minimum absolute atomic E-state index is 0.221. The number of nitrogens with two attached hydrogens (primary N) is 1. The number of hydrogen-bond donors (Lipinski definition) is 2. The molecule has 0 saturated carbocycles. The minimum atomic E-state index is -0.221. The summed E-state index contributed by atoms with van der Waals surface area (Å²) in [5.74, 6) is -0.221. The maximum Gasteiger partial charge on any atom is 0.123 e. The van der Waals surface area contributed by atoms with Gasteiger partial charge < -0.3 is 11.1 Å². The summed E-state index contributed by atoms with van der Waals surface area (Å²) in [6.45, 7) is 0.662. The second-order valence-corrected chi connectivity index (χ2v) is 5.21. The Morgan fingerprint density at radius 1 is 1.25 bits per heavy atom. The Kier molecular flexibility index (Phi) is 4.93. The maximum absolute atomic E-state index is 13.0. The van der Waals surface area contributed by atoms with Crippen molar-refractivity contribution in [2.24, 2.45) is 5.73 Å². The fourth-order valence-corrected chi connectivity index (χ4v) is 2.22. The van der Waals surface area contributed by atoms with Crippen molar-refractivity contribution in [1.82, 2.24) is 0 Å². The fourth-order valence-electron chi connectivity index (χ4n) is 1.85. The maximum atomic E-state index is 13.0. The first kappa shape index (κ1) is 14.8. The van der Waals surface area contributed by atoms with Crippen LogP contribution in [0.25, 0.3) is 0 Å². The molecule has 2 aromatic carbocycles. The molecule has 2 nitrogen and oxygen atoms in total. The van der Waals surface area contributed by atoms with Crippen molar-refractivity contribution in [2.45, 2.75) is 6.42 Å². The molecule has 3 N–H and O–H groups in total. The van der Waals surface area contributed by atoms with Gasteiger partial charge in [0, 0.05) is 12.1 Å². The van der Waals surface area contributed by atoms with Crippen LogP contribution in [0.4, 0.5) is 10.1 Å². The number of halogens is 2. The lowest BCUT2D eigenvalue weighted by atomic mass is 10.1. The molecule has 0 bridgehead atoms. The highest BCUT2D eigenvalue weighted by Crippen LogP contribution is 2.23. The molecule has 0 aromatic heterocycles. The van der Waals surface area contributed by atoms with Gasteiger partial charge in [-0.1, -0.05) is 36.0 Å². The van der Waals surface area contributed by atoms with Gasteiger partial charge in [0.1, 0.15) is 10.8 Å². The Hall–Kier alpha value is -1.65. The summed E-state index contributed by atoms with van der Waals surface area (Å²) in [4.78, 5) is 0.318. The van der Waals surface area contributed by atoms with Crippen molar-refractivity contribution >= 4 is 34.5 Å². The highest BCUT2D eigenvalue weighted by atomic mass is 35.5. The van der Waals surface area contributed by atoms with Crippen molar-refractivity contribution in [3.8, 4) is 0 Å². The number of rotatable bonds is 5. The van der Waals surface area contributed by atoms with Gasteiger partial charge in [-0.3, -0.25) is 0 Å². The van der Waals surface area contributed by atoms with Crippen molar-refractivity contribution in [3.05, 3.63) is 64.4 Å². The third kappa shape index (κ3) is 3.92. The van der Waals surface area contributed by atoms with Gasteiger partial charge in [-0.05, 0) is 42.3 Å². The van der Waals surface area contributed by atoms with E-state index in [0.717, 1.165) is 16.8 Å². The van der Waals surface area contributed by atoms with Crippen LogP contribution in [0, 0.1) is 5.82 Å². The molecular weight excluding hydrogens is 295 g/mol. The summed E-state index contributed by atoms with van der Waals surface area (Å²) in [6, 6.07) is 11.9. The summed E-state index contributed by atoms with van der Waals surface area (Å²) in [7, 11) is 0. The van der Waals surface area contributed by atoms with Crippen LogP contribution in [0.2, 0.25) is 5.02 Å². The largest absolute Gasteiger partial charge is 0.389 e. The van der Waals surface area contributed by atoms with Gasteiger partial charge in [0.2, 0.25) is 0 Å². The summed E-state index contributed by atoms with van der Waals surface area (Å²) in [6.07, 6.45) is 0.713. The molecule has 104 valence electrons. The summed E-state index contributed by atoms with van der Waals surface area (Å²) in [5, 5.41) is 3.77. The van der Waals surface area contributed by atoms with Gasteiger partial charge in [-0.15, -0.1) is 0 Å². The van der Waals surface area contributed by atoms with Gasteiger partial charge in [-0.2, -0.15) is 0 Å². The first-order valence-electron chi connectivity index (χ1n) is 6.14. The van der Waals surface area contributed by atoms with Crippen LogP contribution in [-0.2, 0) is 6.42 Å². The van der Waals surface area contributed by atoms with Crippen LogP contribution in [0.1, 0.15) is 11.1 Å². The van der Waals surface area contributed by atoms with E-state index >= 15 is 0 Å². The Balaban J connectivity index is 1.96. The molecule has 0 fully saturated rings. The summed E-state index contributed by atoms with van der Waals surface area (Å²) < 4.78 is 13.0. The van der Waals surface area contributed by atoms with E-state index in [1.807, 2.05) is 18.2 Å². The lowest BCUT2D eigenvalue weighted by Crippen LogP contribution is -2.10. The molecular formula is C15H14ClFN2S. The number of benzene rings is 2. The van der Waals surface area contributed by atoms with Crippen molar-refractivity contribution in [2.75, 3.05) is 11.9 Å². The van der Waals surface area contributed by atoms with Gasteiger partial charge in [-0.25, -0.2) is 4.39 Å². The normalized spacial score (nSPS) is 10.3. The van der Waals surface area contributed by atoms with Crippen molar-refractivity contribution in [1.29, 1.82) is 0 Å². The predicted molar refractivity (Wildman–Crippen MR) is 85.9 cm³/mol. The molecule has 0 saturated heterocycles. The molecule has 0 spiro atoms. The monoisotopic (exact) mass is 308 g/mol.